The molecule has 1 aromatic heterocycles. The molecule has 2 amide bonds. The van der Waals surface area contributed by atoms with Crippen LogP contribution in [0.4, 0.5) is 5.13 Å². The predicted molar refractivity (Wildman–Crippen MR) is 95.8 cm³/mol. The maximum absolute atomic E-state index is 12.7. The monoisotopic (exact) mass is 334 g/mol. The summed E-state index contributed by atoms with van der Waals surface area (Å²) in [7, 11) is 0. The molecule has 0 radical (unpaired) electrons. The van der Waals surface area contributed by atoms with Crippen LogP contribution in [0.2, 0.25) is 0 Å². The highest BCUT2D eigenvalue weighted by Crippen LogP contribution is 2.21. The summed E-state index contributed by atoms with van der Waals surface area (Å²) in [5.74, 6) is -0.823. The molecular weight excluding hydrogens is 320 g/mol. The second-order valence-electron chi connectivity index (χ2n) is 4.90. The summed E-state index contributed by atoms with van der Waals surface area (Å²) in [5.41, 5.74) is 1.33. The lowest BCUT2D eigenvalue weighted by Gasteiger charge is -2.16. The molecule has 0 spiro atoms. The molecule has 24 heavy (non-hydrogen) atoms. The van der Waals surface area contributed by atoms with Gasteiger partial charge in [-0.1, -0.05) is 48.5 Å². The molecule has 1 heterocycles. The molecule has 3 aromatic rings. The van der Waals surface area contributed by atoms with E-state index < -0.39 is 11.8 Å². The first-order valence-electron chi connectivity index (χ1n) is 7.32. The van der Waals surface area contributed by atoms with Crippen molar-refractivity contribution in [3.8, 4) is 0 Å². The first-order chi connectivity index (χ1) is 11.8. The third-order valence-electron chi connectivity index (χ3n) is 3.27. The Morgan fingerprint density at radius 2 is 1.62 bits per heavy atom. The zero-order chi connectivity index (χ0) is 16.8. The lowest BCUT2D eigenvalue weighted by molar-refractivity contribution is -0.113. The van der Waals surface area contributed by atoms with Crippen LogP contribution in [0.25, 0.3) is 6.08 Å². The minimum Gasteiger partial charge on any atom is -0.269 e. The van der Waals surface area contributed by atoms with E-state index >= 15 is 0 Å². The van der Waals surface area contributed by atoms with Gasteiger partial charge in [0.25, 0.3) is 11.8 Å². The molecule has 0 bridgehead atoms. The van der Waals surface area contributed by atoms with Crippen molar-refractivity contribution >= 4 is 34.4 Å². The number of thiazole rings is 1. The van der Waals surface area contributed by atoms with Gasteiger partial charge >= 0.3 is 0 Å². The number of hydrogen-bond acceptors (Lipinski definition) is 4. The van der Waals surface area contributed by atoms with Gasteiger partial charge in [-0.2, -0.15) is 0 Å². The van der Waals surface area contributed by atoms with E-state index in [2.05, 4.69) is 4.98 Å². The van der Waals surface area contributed by atoms with Crippen molar-refractivity contribution in [2.24, 2.45) is 0 Å². The van der Waals surface area contributed by atoms with Crippen LogP contribution < -0.4 is 4.90 Å². The minimum atomic E-state index is -0.428. The number of benzene rings is 2. The van der Waals surface area contributed by atoms with E-state index in [0.29, 0.717) is 10.7 Å². The quantitative estimate of drug-likeness (QED) is 0.677. The minimum absolute atomic E-state index is 0.353. The first-order valence-corrected chi connectivity index (χ1v) is 8.20. The Morgan fingerprint density at radius 1 is 0.958 bits per heavy atom. The van der Waals surface area contributed by atoms with E-state index in [9.17, 15) is 9.59 Å². The molecule has 0 fully saturated rings. The van der Waals surface area contributed by atoms with Gasteiger partial charge in [0.1, 0.15) is 0 Å². The van der Waals surface area contributed by atoms with Crippen LogP contribution in [0.3, 0.4) is 0 Å². The van der Waals surface area contributed by atoms with Gasteiger partial charge in [-0.15, -0.1) is 11.3 Å². The van der Waals surface area contributed by atoms with Crippen LogP contribution in [0.5, 0.6) is 0 Å². The van der Waals surface area contributed by atoms with Crippen molar-refractivity contribution < 1.29 is 9.59 Å². The molecule has 0 saturated heterocycles. The Kier molecular flexibility index (Phi) is 4.93. The number of imide groups is 1. The number of aromatic nitrogens is 1. The second kappa shape index (κ2) is 7.48. The van der Waals surface area contributed by atoms with E-state index in [4.69, 9.17) is 0 Å². The van der Waals surface area contributed by atoms with E-state index in [-0.39, 0.29) is 0 Å². The molecule has 0 N–H and O–H groups in total. The molecule has 5 heteroatoms. The third kappa shape index (κ3) is 3.64. The number of hydrogen-bond donors (Lipinski definition) is 0. The van der Waals surface area contributed by atoms with Crippen LogP contribution in [-0.4, -0.2) is 16.8 Å². The van der Waals surface area contributed by atoms with E-state index in [0.717, 1.165) is 10.5 Å². The fourth-order valence-electron chi connectivity index (χ4n) is 2.12. The van der Waals surface area contributed by atoms with Gasteiger partial charge in [-0.25, -0.2) is 9.88 Å². The first kappa shape index (κ1) is 15.8. The molecule has 0 aliphatic rings. The van der Waals surface area contributed by atoms with Gasteiger partial charge in [0.15, 0.2) is 5.13 Å². The summed E-state index contributed by atoms with van der Waals surface area (Å²) in [6.45, 7) is 0. The highest BCUT2D eigenvalue weighted by molar-refractivity contribution is 7.14. The van der Waals surface area contributed by atoms with Crippen LogP contribution in [-0.2, 0) is 4.79 Å². The lowest BCUT2D eigenvalue weighted by Crippen LogP contribution is -2.35. The molecule has 0 aliphatic heterocycles. The fraction of sp³-hybridized carbons (Fsp3) is 0. The van der Waals surface area contributed by atoms with E-state index in [1.165, 1.54) is 17.4 Å². The molecule has 0 saturated carbocycles. The summed E-state index contributed by atoms with van der Waals surface area (Å²) in [6.07, 6.45) is 4.64. The third-order valence-corrected chi connectivity index (χ3v) is 4.03. The average Bonchev–Trinajstić information content (AvgIpc) is 3.16. The van der Waals surface area contributed by atoms with Crippen molar-refractivity contribution in [2.45, 2.75) is 0 Å². The normalized spacial score (nSPS) is 10.7. The van der Waals surface area contributed by atoms with E-state index in [1.54, 1.807) is 41.9 Å². The summed E-state index contributed by atoms with van der Waals surface area (Å²) in [6, 6.07) is 18.1. The molecule has 0 unspecified atom stereocenters. The van der Waals surface area contributed by atoms with Crippen molar-refractivity contribution in [1.82, 2.24) is 4.98 Å². The van der Waals surface area contributed by atoms with Gasteiger partial charge in [0.05, 0.1) is 0 Å². The standard InChI is InChI=1S/C19H14N2O2S/c22-17(12-11-15-7-3-1-4-8-15)21(19-20-13-14-24-19)18(23)16-9-5-2-6-10-16/h1-14H. The largest absolute Gasteiger partial charge is 0.269 e. The Hall–Kier alpha value is -3.05. The Labute approximate surface area is 143 Å². The summed E-state index contributed by atoms with van der Waals surface area (Å²) in [4.78, 5) is 30.6. The zero-order valence-corrected chi connectivity index (χ0v) is 13.5. The van der Waals surface area contributed by atoms with Gasteiger partial charge in [0.2, 0.25) is 0 Å². The van der Waals surface area contributed by atoms with Crippen LogP contribution in [0.1, 0.15) is 15.9 Å². The second-order valence-corrected chi connectivity index (χ2v) is 5.78. The smallest absolute Gasteiger partial charge is 0.267 e. The summed E-state index contributed by atoms with van der Waals surface area (Å²) in [5, 5.41) is 2.08. The molecule has 0 aliphatic carbocycles. The van der Waals surface area contributed by atoms with E-state index in [1.807, 2.05) is 36.4 Å². The van der Waals surface area contributed by atoms with Crippen molar-refractivity contribution in [1.29, 1.82) is 0 Å². The summed E-state index contributed by atoms with van der Waals surface area (Å²) < 4.78 is 0. The van der Waals surface area contributed by atoms with Gasteiger partial charge < -0.3 is 0 Å². The predicted octanol–water partition coefficient (Wildman–Crippen LogP) is 4.03. The Balaban J connectivity index is 1.89. The number of amides is 2. The topological polar surface area (TPSA) is 50.3 Å². The van der Waals surface area contributed by atoms with Crippen molar-refractivity contribution in [3.05, 3.63) is 89.4 Å². The van der Waals surface area contributed by atoms with Gasteiger partial charge in [-0.3, -0.25) is 9.59 Å². The molecule has 0 atom stereocenters. The molecule has 118 valence electrons. The molecule has 3 rings (SSSR count). The molecular formula is C19H14N2O2S. The molecule has 4 nitrogen and oxygen atoms in total. The zero-order valence-electron chi connectivity index (χ0n) is 12.7. The highest BCUT2D eigenvalue weighted by atomic mass is 32.1. The van der Waals surface area contributed by atoms with Crippen LogP contribution >= 0.6 is 11.3 Å². The van der Waals surface area contributed by atoms with Crippen LogP contribution in [0.15, 0.2) is 78.3 Å². The maximum atomic E-state index is 12.7. The summed E-state index contributed by atoms with van der Waals surface area (Å²) >= 11 is 1.24. The van der Waals surface area contributed by atoms with Crippen LogP contribution in [0, 0.1) is 0 Å². The number of carbonyl (C=O) groups is 2. The van der Waals surface area contributed by atoms with Crippen molar-refractivity contribution in [2.75, 3.05) is 4.90 Å². The number of anilines is 1. The average molecular weight is 334 g/mol. The van der Waals surface area contributed by atoms with Gasteiger partial charge in [-0.05, 0) is 23.8 Å². The number of nitrogens with zero attached hydrogens (tertiary/aromatic N) is 2. The highest BCUT2D eigenvalue weighted by Gasteiger charge is 2.24. The Bertz CT molecular complexity index is 844. The number of rotatable bonds is 4. The Morgan fingerprint density at radius 3 is 2.25 bits per heavy atom. The van der Waals surface area contributed by atoms with Gasteiger partial charge in [0, 0.05) is 23.2 Å². The number of carbonyl (C=O) groups excluding carboxylic acids is 2. The van der Waals surface area contributed by atoms with Crippen molar-refractivity contribution in [3.63, 3.8) is 0 Å². The lowest BCUT2D eigenvalue weighted by atomic mass is 10.2. The fourth-order valence-corrected chi connectivity index (χ4v) is 2.77. The molecule has 2 aromatic carbocycles. The maximum Gasteiger partial charge on any atom is 0.267 e. The SMILES string of the molecule is O=C(C=Cc1ccccc1)N(C(=O)c1ccccc1)c1nccs1.